The van der Waals surface area contributed by atoms with Crippen molar-refractivity contribution < 1.29 is 14.6 Å². The molecule has 0 radical (unpaired) electrons. The van der Waals surface area contributed by atoms with Crippen molar-refractivity contribution in [3.05, 3.63) is 34.1 Å². The molecule has 122 valence electrons. The van der Waals surface area contributed by atoms with Crippen molar-refractivity contribution in [1.29, 1.82) is 0 Å². The number of nitrogens with zero attached hydrogens (tertiary/aromatic N) is 2. The number of aromatic amines is 1. The highest BCUT2D eigenvalue weighted by Gasteiger charge is 2.20. The van der Waals surface area contributed by atoms with E-state index in [-0.39, 0.29) is 0 Å². The Bertz CT molecular complexity index is 746. The topological polar surface area (TPSA) is 88.1 Å². The zero-order valence-corrected chi connectivity index (χ0v) is 13.6. The van der Waals surface area contributed by atoms with E-state index in [1.807, 2.05) is 20.8 Å². The molecule has 6 nitrogen and oxygen atoms in total. The van der Waals surface area contributed by atoms with Gasteiger partial charge in [0, 0.05) is 25.2 Å². The second-order valence-corrected chi connectivity index (χ2v) is 6.21. The summed E-state index contributed by atoms with van der Waals surface area (Å²) in [5, 5.41) is 17.8. The van der Waals surface area contributed by atoms with E-state index in [0.717, 1.165) is 54.1 Å². The molecule has 0 bridgehead atoms. The number of rotatable bonds is 4. The number of benzene rings is 1. The molecule has 23 heavy (non-hydrogen) atoms. The summed E-state index contributed by atoms with van der Waals surface area (Å²) in [6.07, 6.45) is 1.85. The minimum absolute atomic E-state index is 0.310. The van der Waals surface area contributed by atoms with Crippen LogP contribution in [-0.2, 0) is 11.2 Å². The maximum atomic E-state index is 11.4. The summed E-state index contributed by atoms with van der Waals surface area (Å²) in [6.45, 7) is 7.33. The molecular weight excluding hydrogens is 294 g/mol. The average Bonchev–Trinajstić information content (AvgIpc) is 3.17. The minimum atomic E-state index is -0.922. The Morgan fingerprint density at radius 1 is 1.30 bits per heavy atom. The fourth-order valence-corrected chi connectivity index (χ4v) is 3.04. The minimum Gasteiger partial charge on any atom is -0.478 e. The molecule has 1 unspecified atom stereocenters. The van der Waals surface area contributed by atoms with Crippen LogP contribution in [0.5, 0.6) is 0 Å². The highest BCUT2D eigenvalue weighted by molar-refractivity contribution is 5.92. The molecule has 3 rings (SSSR count). The van der Waals surface area contributed by atoms with Gasteiger partial charge >= 0.3 is 5.97 Å². The molecule has 0 aliphatic carbocycles. The molecule has 2 N–H and O–H groups in total. The number of ether oxygens (including phenoxy) is 1. The van der Waals surface area contributed by atoms with Gasteiger partial charge in [-0.25, -0.2) is 4.79 Å². The maximum Gasteiger partial charge on any atom is 0.335 e. The third kappa shape index (κ3) is 2.99. The molecule has 1 aromatic heterocycles. The molecule has 0 saturated carbocycles. The van der Waals surface area contributed by atoms with Crippen LogP contribution in [0.4, 0.5) is 0 Å². The number of H-pyrrole nitrogens is 1. The van der Waals surface area contributed by atoms with Crippen molar-refractivity contribution in [2.24, 2.45) is 5.92 Å². The Morgan fingerprint density at radius 3 is 2.74 bits per heavy atom. The van der Waals surface area contributed by atoms with E-state index in [1.54, 1.807) is 6.07 Å². The Hall–Kier alpha value is -2.21. The zero-order valence-electron chi connectivity index (χ0n) is 13.6. The van der Waals surface area contributed by atoms with Crippen molar-refractivity contribution in [2.45, 2.75) is 33.6 Å². The first-order chi connectivity index (χ1) is 11.0. The molecular formula is C17H21N3O3. The van der Waals surface area contributed by atoms with Gasteiger partial charge in [0.05, 0.1) is 5.56 Å². The molecule has 1 aliphatic rings. The number of aromatic carboxylic acids is 1. The van der Waals surface area contributed by atoms with Crippen LogP contribution in [0.25, 0.3) is 11.4 Å². The van der Waals surface area contributed by atoms with Crippen LogP contribution in [-0.4, -0.2) is 39.5 Å². The van der Waals surface area contributed by atoms with Crippen LogP contribution in [0.1, 0.15) is 39.3 Å². The highest BCUT2D eigenvalue weighted by Crippen LogP contribution is 2.28. The molecule has 6 heteroatoms. The number of carboxylic acid groups (broad SMARTS) is 1. The molecule has 1 aromatic carbocycles. The SMILES string of the molecule is Cc1c(C(=O)O)cc(-c2nnc(CC3CCOC3)[nH]2)c(C)c1C. The largest absolute Gasteiger partial charge is 0.478 e. The zero-order chi connectivity index (χ0) is 16.6. The van der Waals surface area contributed by atoms with Crippen LogP contribution in [0.3, 0.4) is 0 Å². The summed E-state index contributed by atoms with van der Waals surface area (Å²) < 4.78 is 5.38. The number of hydrogen-bond acceptors (Lipinski definition) is 4. The van der Waals surface area contributed by atoms with Gasteiger partial charge in [-0.05, 0) is 55.9 Å². The molecule has 1 fully saturated rings. The first-order valence-electron chi connectivity index (χ1n) is 7.81. The summed E-state index contributed by atoms with van der Waals surface area (Å²) >= 11 is 0. The number of carbonyl (C=O) groups is 1. The van der Waals surface area contributed by atoms with Crippen molar-refractivity contribution in [3.8, 4) is 11.4 Å². The van der Waals surface area contributed by atoms with Gasteiger partial charge in [0.15, 0.2) is 5.82 Å². The third-order valence-electron chi connectivity index (χ3n) is 4.75. The second-order valence-electron chi connectivity index (χ2n) is 6.21. The Morgan fingerprint density at radius 2 is 2.09 bits per heavy atom. The standard InChI is InChI=1S/C17H21N3O3/c1-9-10(2)13(7-14(11(9)3)17(21)22)16-18-15(19-20-16)6-12-4-5-23-8-12/h7,12H,4-6,8H2,1-3H3,(H,21,22)(H,18,19,20). The van der Waals surface area contributed by atoms with E-state index in [0.29, 0.717) is 17.3 Å². The van der Waals surface area contributed by atoms with Gasteiger partial charge < -0.3 is 14.8 Å². The van der Waals surface area contributed by atoms with E-state index in [2.05, 4.69) is 15.2 Å². The lowest BCUT2D eigenvalue weighted by atomic mass is 9.93. The van der Waals surface area contributed by atoms with Gasteiger partial charge in [-0.15, -0.1) is 10.2 Å². The Labute approximate surface area is 134 Å². The van der Waals surface area contributed by atoms with Crippen LogP contribution in [0.15, 0.2) is 6.07 Å². The predicted molar refractivity (Wildman–Crippen MR) is 85.6 cm³/mol. The lowest BCUT2D eigenvalue weighted by Crippen LogP contribution is -2.05. The lowest BCUT2D eigenvalue weighted by Gasteiger charge is -2.12. The third-order valence-corrected chi connectivity index (χ3v) is 4.75. The molecule has 1 atom stereocenters. The van der Waals surface area contributed by atoms with Crippen LogP contribution < -0.4 is 0 Å². The summed E-state index contributed by atoms with van der Waals surface area (Å²) in [5.74, 6) is 1.01. The van der Waals surface area contributed by atoms with Crippen LogP contribution in [0, 0.1) is 26.7 Å². The molecule has 0 spiro atoms. The van der Waals surface area contributed by atoms with E-state index in [9.17, 15) is 9.90 Å². The van der Waals surface area contributed by atoms with Crippen LogP contribution in [0.2, 0.25) is 0 Å². The van der Waals surface area contributed by atoms with E-state index < -0.39 is 5.97 Å². The second kappa shape index (κ2) is 6.12. The molecule has 1 saturated heterocycles. The maximum absolute atomic E-state index is 11.4. The van der Waals surface area contributed by atoms with E-state index in [1.165, 1.54) is 0 Å². The Balaban J connectivity index is 1.95. The van der Waals surface area contributed by atoms with Gasteiger partial charge in [0.2, 0.25) is 0 Å². The van der Waals surface area contributed by atoms with Crippen molar-refractivity contribution in [3.63, 3.8) is 0 Å². The first kappa shape index (κ1) is 15.7. The monoisotopic (exact) mass is 315 g/mol. The van der Waals surface area contributed by atoms with Gasteiger partial charge in [-0.2, -0.15) is 0 Å². The van der Waals surface area contributed by atoms with Gasteiger partial charge in [-0.3, -0.25) is 0 Å². The molecule has 0 amide bonds. The van der Waals surface area contributed by atoms with Gasteiger partial charge in [-0.1, -0.05) is 0 Å². The Kier molecular flexibility index (Phi) is 4.17. The fourth-order valence-electron chi connectivity index (χ4n) is 3.04. The van der Waals surface area contributed by atoms with Crippen molar-refractivity contribution >= 4 is 5.97 Å². The smallest absolute Gasteiger partial charge is 0.335 e. The summed E-state index contributed by atoms with van der Waals surface area (Å²) in [7, 11) is 0. The molecule has 2 aromatic rings. The van der Waals surface area contributed by atoms with Gasteiger partial charge in [0.1, 0.15) is 5.82 Å². The normalized spacial score (nSPS) is 17.6. The number of nitrogens with one attached hydrogen (secondary N) is 1. The molecule has 2 heterocycles. The number of hydrogen-bond donors (Lipinski definition) is 2. The van der Waals surface area contributed by atoms with Crippen molar-refractivity contribution in [2.75, 3.05) is 13.2 Å². The van der Waals surface area contributed by atoms with Gasteiger partial charge in [0.25, 0.3) is 0 Å². The first-order valence-corrected chi connectivity index (χ1v) is 7.81. The van der Waals surface area contributed by atoms with Crippen LogP contribution >= 0.6 is 0 Å². The lowest BCUT2D eigenvalue weighted by molar-refractivity contribution is 0.0696. The van der Waals surface area contributed by atoms with E-state index in [4.69, 9.17) is 4.74 Å². The quantitative estimate of drug-likeness (QED) is 0.905. The average molecular weight is 315 g/mol. The fraction of sp³-hybridized carbons (Fsp3) is 0.471. The number of carboxylic acids is 1. The number of aromatic nitrogens is 3. The summed E-state index contributed by atoms with van der Waals surface area (Å²) in [6, 6.07) is 1.68. The summed E-state index contributed by atoms with van der Waals surface area (Å²) in [4.78, 5) is 14.7. The predicted octanol–water partition coefficient (Wildman–Crippen LogP) is 2.67. The highest BCUT2D eigenvalue weighted by atomic mass is 16.5. The summed E-state index contributed by atoms with van der Waals surface area (Å²) in [5.41, 5.74) is 3.90. The van der Waals surface area contributed by atoms with E-state index >= 15 is 0 Å². The van der Waals surface area contributed by atoms with Crippen molar-refractivity contribution in [1.82, 2.24) is 15.2 Å². The molecule has 1 aliphatic heterocycles.